The summed E-state index contributed by atoms with van der Waals surface area (Å²) in [4.78, 5) is 0. The Balaban J connectivity index is 2.00. The highest BCUT2D eigenvalue weighted by molar-refractivity contribution is 5.52. The number of benzene rings is 1. The van der Waals surface area contributed by atoms with Gasteiger partial charge >= 0.3 is 0 Å². The molecule has 0 bridgehead atoms. The Bertz CT molecular complexity index is 359. The Morgan fingerprint density at radius 2 is 1.94 bits per heavy atom. The van der Waals surface area contributed by atoms with Gasteiger partial charge in [0, 0.05) is 6.07 Å². The molecular weight excluding hydrogens is 205 g/mol. The van der Waals surface area contributed by atoms with Gasteiger partial charge in [-0.1, -0.05) is 6.92 Å². The lowest BCUT2D eigenvalue weighted by atomic mass is 9.89. The number of rotatable bonds is 2. The van der Waals surface area contributed by atoms with Crippen LogP contribution in [0, 0.1) is 11.7 Å². The van der Waals surface area contributed by atoms with E-state index in [0.717, 1.165) is 18.8 Å². The number of hydrogen-bond acceptors (Lipinski definition) is 2. The third-order valence-corrected chi connectivity index (χ3v) is 3.23. The summed E-state index contributed by atoms with van der Waals surface area (Å²) in [5, 5.41) is 0. The minimum Gasteiger partial charge on any atom is -0.488 e. The van der Waals surface area contributed by atoms with Gasteiger partial charge in [0.1, 0.15) is 11.6 Å². The second kappa shape index (κ2) is 4.73. The van der Waals surface area contributed by atoms with Crippen LogP contribution in [0.3, 0.4) is 0 Å². The van der Waals surface area contributed by atoms with Crippen molar-refractivity contribution < 1.29 is 9.13 Å². The molecule has 0 radical (unpaired) electrons. The summed E-state index contributed by atoms with van der Waals surface area (Å²) >= 11 is 0. The molecule has 1 fully saturated rings. The van der Waals surface area contributed by atoms with Crippen LogP contribution in [0.25, 0.3) is 0 Å². The Kier molecular flexibility index (Phi) is 3.32. The molecule has 0 aliphatic heterocycles. The second-order valence-corrected chi connectivity index (χ2v) is 4.68. The molecule has 0 aromatic heterocycles. The fourth-order valence-electron chi connectivity index (χ4n) is 2.14. The third kappa shape index (κ3) is 2.65. The van der Waals surface area contributed by atoms with Crippen molar-refractivity contribution in [2.75, 3.05) is 5.73 Å². The molecule has 1 aromatic rings. The Hall–Kier alpha value is -1.25. The van der Waals surface area contributed by atoms with Gasteiger partial charge in [0.2, 0.25) is 0 Å². The average molecular weight is 223 g/mol. The van der Waals surface area contributed by atoms with Crippen molar-refractivity contribution in [1.82, 2.24) is 0 Å². The maximum Gasteiger partial charge on any atom is 0.145 e. The zero-order valence-electron chi connectivity index (χ0n) is 9.58. The molecule has 1 aromatic carbocycles. The van der Waals surface area contributed by atoms with E-state index in [1.165, 1.54) is 25.0 Å². The summed E-state index contributed by atoms with van der Waals surface area (Å²) in [6, 6.07) is 4.27. The normalized spacial score (nSPS) is 25.4. The lowest BCUT2D eigenvalue weighted by molar-refractivity contribution is 0.136. The summed E-state index contributed by atoms with van der Waals surface area (Å²) in [6.45, 7) is 2.26. The fraction of sp³-hybridized carbons (Fsp3) is 0.538. The molecule has 3 heteroatoms. The van der Waals surface area contributed by atoms with E-state index in [4.69, 9.17) is 10.5 Å². The van der Waals surface area contributed by atoms with Crippen LogP contribution in [-0.4, -0.2) is 6.10 Å². The lowest BCUT2D eigenvalue weighted by Crippen LogP contribution is -2.23. The Morgan fingerprint density at radius 3 is 2.62 bits per heavy atom. The summed E-state index contributed by atoms with van der Waals surface area (Å²) in [7, 11) is 0. The molecular formula is C13H18FNO. The molecule has 1 aliphatic rings. The average Bonchev–Trinajstić information content (AvgIpc) is 2.27. The fourth-order valence-corrected chi connectivity index (χ4v) is 2.14. The molecule has 0 heterocycles. The highest BCUT2D eigenvalue weighted by Crippen LogP contribution is 2.30. The van der Waals surface area contributed by atoms with Gasteiger partial charge < -0.3 is 10.5 Å². The van der Waals surface area contributed by atoms with E-state index in [1.807, 2.05) is 0 Å². The van der Waals surface area contributed by atoms with Gasteiger partial charge in [0.25, 0.3) is 0 Å². The maximum atomic E-state index is 13.0. The molecule has 16 heavy (non-hydrogen) atoms. The van der Waals surface area contributed by atoms with Crippen LogP contribution in [0.4, 0.5) is 10.1 Å². The molecule has 0 spiro atoms. The van der Waals surface area contributed by atoms with Crippen molar-refractivity contribution in [1.29, 1.82) is 0 Å². The number of ether oxygens (including phenoxy) is 1. The number of hydrogen-bond donors (Lipinski definition) is 1. The minimum absolute atomic E-state index is 0.195. The molecule has 1 aliphatic carbocycles. The molecule has 0 unspecified atom stereocenters. The van der Waals surface area contributed by atoms with E-state index in [2.05, 4.69) is 6.92 Å². The minimum atomic E-state index is -0.298. The van der Waals surface area contributed by atoms with E-state index in [9.17, 15) is 4.39 Å². The van der Waals surface area contributed by atoms with Crippen LogP contribution < -0.4 is 10.5 Å². The van der Waals surface area contributed by atoms with Crippen molar-refractivity contribution in [2.24, 2.45) is 5.92 Å². The molecule has 0 amide bonds. The zero-order chi connectivity index (χ0) is 11.5. The summed E-state index contributed by atoms with van der Waals surface area (Å²) in [5.74, 6) is 0.970. The molecule has 2 rings (SSSR count). The SMILES string of the molecule is CC1CCC(Oc2cc(F)ccc2N)CC1. The van der Waals surface area contributed by atoms with Crippen molar-refractivity contribution in [3.05, 3.63) is 24.0 Å². The van der Waals surface area contributed by atoms with Gasteiger partial charge in [0.15, 0.2) is 0 Å². The van der Waals surface area contributed by atoms with E-state index < -0.39 is 0 Å². The Labute approximate surface area is 95.6 Å². The number of halogens is 1. The first-order valence-electron chi connectivity index (χ1n) is 5.87. The van der Waals surface area contributed by atoms with E-state index >= 15 is 0 Å². The molecule has 0 saturated heterocycles. The van der Waals surface area contributed by atoms with Gasteiger partial charge in [0.05, 0.1) is 11.8 Å². The molecule has 88 valence electrons. The smallest absolute Gasteiger partial charge is 0.145 e. The summed E-state index contributed by atoms with van der Waals surface area (Å²) in [6.07, 6.45) is 4.63. The van der Waals surface area contributed by atoms with Crippen LogP contribution >= 0.6 is 0 Å². The predicted octanol–water partition coefficient (Wildman–Crippen LogP) is 3.37. The van der Waals surface area contributed by atoms with Gasteiger partial charge in [-0.05, 0) is 43.7 Å². The molecule has 2 N–H and O–H groups in total. The first kappa shape index (κ1) is 11.2. The van der Waals surface area contributed by atoms with Crippen molar-refractivity contribution >= 4 is 5.69 Å². The first-order valence-corrected chi connectivity index (χ1v) is 5.87. The van der Waals surface area contributed by atoms with Crippen molar-refractivity contribution in [3.8, 4) is 5.75 Å². The first-order chi connectivity index (χ1) is 7.65. The molecule has 2 nitrogen and oxygen atoms in total. The van der Waals surface area contributed by atoms with Crippen molar-refractivity contribution in [2.45, 2.75) is 38.7 Å². The molecule has 1 saturated carbocycles. The van der Waals surface area contributed by atoms with Gasteiger partial charge in [-0.3, -0.25) is 0 Å². The van der Waals surface area contributed by atoms with Crippen LogP contribution in [-0.2, 0) is 0 Å². The van der Waals surface area contributed by atoms with Gasteiger partial charge in [-0.2, -0.15) is 0 Å². The molecule has 0 atom stereocenters. The number of nitrogen functional groups attached to an aromatic ring is 1. The van der Waals surface area contributed by atoms with Crippen molar-refractivity contribution in [3.63, 3.8) is 0 Å². The van der Waals surface area contributed by atoms with Crippen LogP contribution in [0.15, 0.2) is 18.2 Å². The largest absolute Gasteiger partial charge is 0.488 e. The lowest BCUT2D eigenvalue weighted by Gasteiger charge is -2.27. The summed E-state index contributed by atoms with van der Waals surface area (Å²) < 4.78 is 18.8. The van der Waals surface area contributed by atoms with Gasteiger partial charge in [-0.15, -0.1) is 0 Å². The second-order valence-electron chi connectivity index (χ2n) is 4.68. The standard InChI is InChI=1S/C13H18FNO/c1-9-2-5-11(6-3-9)16-13-8-10(14)4-7-12(13)15/h4,7-9,11H,2-3,5-6,15H2,1H3. The zero-order valence-corrected chi connectivity index (χ0v) is 9.58. The monoisotopic (exact) mass is 223 g/mol. The predicted molar refractivity (Wildman–Crippen MR) is 62.9 cm³/mol. The quantitative estimate of drug-likeness (QED) is 0.780. The highest BCUT2D eigenvalue weighted by atomic mass is 19.1. The number of anilines is 1. The number of nitrogens with two attached hydrogens (primary N) is 1. The highest BCUT2D eigenvalue weighted by Gasteiger charge is 2.20. The van der Waals surface area contributed by atoms with Crippen LogP contribution in [0.5, 0.6) is 5.75 Å². The van der Waals surface area contributed by atoms with E-state index in [-0.39, 0.29) is 11.9 Å². The van der Waals surface area contributed by atoms with E-state index in [1.54, 1.807) is 6.07 Å². The van der Waals surface area contributed by atoms with E-state index in [0.29, 0.717) is 11.4 Å². The summed E-state index contributed by atoms with van der Waals surface area (Å²) in [5.41, 5.74) is 6.26. The maximum absolute atomic E-state index is 13.0. The van der Waals surface area contributed by atoms with Crippen LogP contribution in [0.1, 0.15) is 32.6 Å². The van der Waals surface area contributed by atoms with Gasteiger partial charge in [-0.25, -0.2) is 4.39 Å². The Morgan fingerprint density at radius 1 is 1.25 bits per heavy atom. The van der Waals surface area contributed by atoms with Crippen LogP contribution in [0.2, 0.25) is 0 Å². The topological polar surface area (TPSA) is 35.2 Å². The third-order valence-electron chi connectivity index (χ3n) is 3.23.